The summed E-state index contributed by atoms with van der Waals surface area (Å²) in [5, 5.41) is 0. The zero-order valence-corrected chi connectivity index (χ0v) is 19.5. The number of rotatable bonds is 4. The molecule has 1 spiro atoms. The van der Waals surface area contributed by atoms with Gasteiger partial charge in [-0.2, -0.15) is 0 Å². The monoisotopic (exact) mass is 455 g/mol. The van der Waals surface area contributed by atoms with Gasteiger partial charge in [0.2, 0.25) is 17.7 Å². The van der Waals surface area contributed by atoms with Gasteiger partial charge in [-0.15, -0.1) is 0 Å². The maximum atomic E-state index is 13.7. The van der Waals surface area contributed by atoms with Crippen LogP contribution in [0.5, 0.6) is 0 Å². The van der Waals surface area contributed by atoms with Crippen molar-refractivity contribution < 1.29 is 19.2 Å². The van der Waals surface area contributed by atoms with Gasteiger partial charge in [-0.25, -0.2) is 0 Å². The van der Waals surface area contributed by atoms with Crippen molar-refractivity contribution >= 4 is 29.3 Å². The summed E-state index contributed by atoms with van der Waals surface area (Å²) in [6.07, 6.45) is 1.56. The number of anilines is 1. The van der Waals surface area contributed by atoms with Crippen LogP contribution in [0.15, 0.2) is 30.3 Å². The fourth-order valence-electron chi connectivity index (χ4n) is 5.21. The highest BCUT2D eigenvalue weighted by Gasteiger charge is 2.54. The zero-order valence-electron chi connectivity index (χ0n) is 19.5. The molecule has 1 aromatic carbocycles. The van der Waals surface area contributed by atoms with Gasteiger partial charge in [0.05, 0.1) is 6.67 Å². The first-order chi connectivity index (χ1) is 15.9. The highest BCUT2D eigenvalue weighted by molar-refractivity contribution is 5.96. The van der Waals surface area contributed by atoms with Crippen LogP contribution in [0.1, 0.15) is 33.1 Å². The van der Waals surface area contributed by atoms with Crippen LogP contribution in [0, 0.1) is 0 Å². The second kappa shape index (κ2) is 9.41. The highest BCUT2D eigenvalue weighted by Crippen LogP contribution is 2.39. The molecule has 0 aromatic heterocycles. The Bertz CT molecular complexity index is 905. The first kappa shape index (κ1) is 23.1. The number of hydrogen-bond acceptors (Lipinski definition) is 5. The third kappa shape index (κ3) is 4.41. The quantitative estimate of drug-likeness (QED) is 0.669. The molecule has 0 bridgehead atoms. The first-order valence-electron chi connectivity index (χ1n) is 11.8. The van der Waals surface area contributed by atoms with Gasteiger partial charge in [0.25, 0.3) is 5.91 Å². The minimum atomic E-state index is -0.737. The number of para-hydroxylation sites is 1. The molecule has 3 aliphatic heterocycles. The molecule has 0 unspecified atom stereocenters. The Labute approximate surface area is 194 Å². The standard InChI is InChI=1S/C24H33N5O4/c1-3-21(31)26-11-9-24(10-12-26)23(33)28(18-29(24)20-7-5-4-6-8-20)17-22(32)27-15-13-25(14-16-27)19(2)30/h4-8H,3,9-18H2,1-2H3. The second-order valence-corrected chi connectivity index (χ2v) is 9.06. The summed E-state index contributed by atoms with van der Waals surface area (Å²) in [4.78, 5) is 59.6. The van der Waals surface area contributed by atoms with Crippen molar-refractivity contribution in [2.75, 3.05) is 57.4 Å². The minimum absolute atomic E-state index is 0.0187. The molecule has 0 atom stereocenters. The molecule has 9 nitrogen and oxygen atoms in total. The van der Waals surface area contributed by atoms with E-state index < -0.39 is 5.54 Å². The molecule has 3 saturated heterocycles. The maximum absolute atomic E-state index is 13.7. The average molecular weight is 456 g/mol. The van der Waals surface area contributed by atoms with Gasteiger partial charge in [-0.05, 0) is 25.0 Å². The molecular formula is C24H33N5O4. The summed E-state index contributed by atoms with van der Waals surface area (Å²) in [7, 11) is 0. The molecule has 4 rings (SSSR count). The SMILES string of the molecule is CCC(=O)N1CCC2(CC1)C(=O)N(CC(=O)N1CCN(C(C)=O)CC1)CN2c1ccccc1. The Hall–Kier alpha value is -3.10. The number of piperidine rings is 1. The number of likely N-dealkylation sites (tertiary alicyclic amines) is 1. The van der Waals surface area contributed by atoms with Crippen molar-refractivity contribution in [1.29, 1.82) is 0 Å². The van der Waals surface area contributed by atoms with E-state index in [1.54, 1.807) is 14.7 Å². The van der Waals surface area contributed by atoms with Gasteiger partial charge < -0.3 is 24.5 Å². The van der Waals surface area contributed by atoms with Crippen molar-refractivity contribution in [1.82, 2.24) is 19.6 Å². The summed E-state index contributed by atoms with van der Waals surface area (Å²) >= 11 is 0. The van der Waals surface area contributed by atoms with Crippen LogP contribution < -0.4 is 4.90 Å². The molecule has 1 aromatic rings. The van der Waals surface area contributed by atoms with Crippen molar-refractivity contribution in [3.63, 3.8) is 0 Å². The van der Waals surface area contributed by atoms with Crippen molar-refractivity contribution in [3.8, 4) is 0 Å². The van der Waals surface area contributed by atoms with E-state index in [0.717, 1.165) is 5.69 Å². The number of hydrogen-bond donors (Lipinski definition) is 0. The molecule has 0 radical (unpaired) electrons. The molecule has 4 amide bonds. The average Bonchev–Trinajstić information content (AvgIpc) is 3.10. The van der Waals surface area contributed by atoms with Crippen LogP contribution in [0.4, 0.5) is 5.69 Å². The third-order valence-corrected chi connectivity index (χ3v) is 7.23. The molecule has 0 N–H and O–H groups in total. The third-order valence-electron chi connectivity index (χ3n) is 7.23. The lowest BCUT2D eigenvalue weighted by Crippen LogP contribution is -2.57. The number of piperazine rings is 1. The Morgan fingerprint density at radius 1 is 0.848 bits per heavy atom. The molecule has 178 valence electrons. The molecule has 3 aliphatic rings. The van der Waals surface area contributed by atoms with E-state index in [0.29, 0.717) is 65.2 Å². The van der Waals surface area contributed by atoms with Crippen LogP contribution in [-0.2, 0) is 19.2 Å². The first-order valence-corrected chi connectivity index (χ1v) is 11.8. The molecule has 0 saturated carbocycles. The smallest absolute Gasteiger partial charge is 0.250 e. The minimum Gasteiger partial charge on any atom is -0.343 e. The Balaban J connectivity index is 1.49. The van der Waals surface area contributed by atoms with Crippen molar-refractivity contribution in [2.24, 2.45) is 0 Å². The molecule has 0 aliphatic carbocycles. The lowest BCUT2D eigenvalue weighted by molar-refractivity contribution is -0.144. The number of amides is 4. The van der Waals surface area contributed by atoms with E-state index in [4.69, 9.17) is 0 Å². The molecular weight excluding hydrogens is 422 g/mol. The van der Waals surface area contributed by atoms with Gasteiger partial charge in [-0.1, -0.05) is 25.1 Å². The van der Waals surface area contributed by atoms with Crippen molar-refractivity contribution in [2.45, 2.75) is 38.6 Å². The number of nitrogens with zero attached hydrogens (tertiary/aromatic N) is 5. The van der Waals surface area contributed by atoms with E-state index in [9.17, 15) is 19.2 Å². The summed E-state index contributed by atoms with van der Waals surface area (Å²) < 4.78 is 0. The van der Waals surface area contributed by atoms with Crippen molar-refractivity contribution in [3.05, 3.63) is 30.3 Å². The number of carbonyl (C=O) groups excluding carboxylic acids is 4. The summed E-state index contributed by atoms with van der Waals surface area (Å²) in [5.74, 6) is 0.00402. The number of carbonyl (C=O) groups is 4. The second-order valence-electron chi connectivity index (χ2n) is 9.06. The van der Waals surface area contributed by atoms with E-state index in [1.807, 2.05) is 42.2 Å². The van der Waals surface area contributed by atoms with Gasteiger partial charge >= 0.3 is 0 Å². The molecule has 3 fully saturated rings. The molecule has 33 heavy (non-hydrogen) atoms. The fourth-order valence-corrected chi connectivity index (χ4v) is 5.21. The normalized spacial score (nSPS) is 20.5. The Morgan fingerprint density at radius 2 is 1.42 bits per heavy atom. The van der Waals surface area contributed by atoms with Gasteiger partial charge in [-0.3, -0.25) is 19.2 Å². The summed E-state index contributed by atoms with van der Waals surface area (Å²) in [5.41, 5.74) is 0.214. The lowest BCUT2D eigenvalue weighted by Gasteiger charge is -2.43. The van der Waals surface area contributed by atoms with E-state index in [1.165, 1.54) is 6.92 Å². The van der Waals surface area contributed by atoms with Crippen LogP contribution in [0.25, 0.3) is 0 Å². The Morgan fingerprint density at radius 3 is 2.00 bits per heavy atom. The van der Waals surface area contributed by atoms with Gasteiger partial charge in [0.15, 0.2) is 0 Å². The largest absolute Gasteiger partial charge is 0.343 e. The van der Waals surface area contributed by atoms with Gasteiger partial charge in [0, 0.05) is 58.3 Å². The Kier molecular flexibility index (Phi) is 6.58. The topological polar surface area (TPSA) is 84.5 Å². The molecule has 9 heteroatoms. The maximum Gasteiger partial charge on any atom is 0.250 e. The predicted octanol–water partition coefficient (Wildman–Crippen LogP) is 0.755. The van der Waals surface area contributed by atoms with Crippen LogP contribution >= 0.6 is 0 Å². The lowest BCUT2D eigenvalue weighted by atomic mass is 9.85. The fraction of sp³-hybridized carbons (Fsp3) is 0.583. The zero-order chi connectivity index (χ0) is 23.6. The van der Waals surface area contributed by atoms with Gasteiger partial charge in [0.1, 0.15) is 12.1 Å². The summed E-state index contributed by atoms with van der Waals surface area (Å²) in [6, 6.07) is 9.82. The molecule has 3 heterocycles. The van der Waals surface area contributed by atoms with Crippen LogP contribution in [0.2, 0.25) is 0 Å². The van der Waals surface area contributed by atoms with E-state index in [2.05, 4.69) is 4.90 Å². The van der Waals surface area contributed by atoms with Crippen LogP contribution in [-0.4, -0.2) is 101 Å². The van der Waals surface area contributed by atoms with E-state index >= 15 is 0 Å². The predicted molar refractivity (Wildman–Crippen MR) is 123 cm³/mol. The highest BCUT2D eigenvalue weighted by atomic mass is 16.2. The number of benzene rings is 1. The van der Waals surface area contributed by atoms with E-state index in [-0.39, 0.29) is 30.2 Å². The van der Waals surface area contributed by atoms with Crippen LogP contribution in [0.3, 0.4) is 0 Å². The summed E-state index contributed by atoms with van der Waals surface area (Å²) in [6.45, 7) is 6.87.